The minimum absolute atomic E-state index is 0. The van der Waals surface area contributed by atoms with Crippen molar-refractivity contribution in [3.8, 4) is 0 Å². The minimum Gasteiger partial charge on any atom is -0.480 e. The molecule has 0 saturated carbocycles. The number of ketones is 1. The Morgan fingerprint density at radius 3 is 2.37 bits per heavy atom. The molecule has 1 aliphatic rings. The van der Waals surface area contributed by atoms with Crippen LogP contribution in [-0.4, -0.2) is 45.4 Å². The minimum atomic E-state index is -1.37. The largest absolute Gasteiger partial charge is 0.480 e. The molecule has 8 heteroatoms. The molecule has 3 atom stereocenters. The molecule has 1 saturated heterocycles. The molecule has 0 aromatic heterocycles. The highest BCUT2D eigenvalue weighted by molar-refractivity contribution is 8.01. The van der Waals surface area contributed by atoms with E-state index in [0.29, 0.717) is 0 Å². The van der Waals surface area contributed by atoms with E-state index in [1.807, 2.05) is 0 Å². The second-order valence-electron chi connectivity index (χ2n) is 5.33. The Kier molecular flexibility index (Phi) is 6.29. The van der Waals surface area contributed by atoms with Gasteiger partial charge in [0, 0.05) is 5.75 Å². The normalized spacial score (nSPS) is 28.6. The van der Waals surface area contributed by atoms with Gasteiger partial charge in [0.2, 0.25) is 10.8 Å². The number of aliphatic carboxylic acids is 1. The molecule has 1 aliphatic heterocycles. The van der Waals surface area contributed by atoms with Crippen LogP contribution in [0, 0.1) is 0 Å². The average Bonchev–Trinajstić information content (AvgIpc) is 2.59. The van der Waals surface area contributed by atoms with Crippen LogP contribution in [-0.2, 0) is 14.3 Å². The van der Waals surface area contributed by atoms with Gasteiger partial charge in [-0.05, 0) is 27.7 Å². The van der Waals surface area contributed by atoms with E-state index in [0.717, 1.165) is 11.8 Å². The molecule has 0 aromatic rings. The summed E-state index contributed by atoms with van der Waals surface area (Å²) in [6, 6.07) is -1.53. The number of nitrogens with two attached hydrogens (primary N) is 1. The zero-order chi connectivity index (χ0) is 14.1. The molecule has 0 spiro atoms. The first-order valence-electron chi connectivity index (χ1n) is 5.72. The number of carboxylic acid groups (broad SMARTS) is 1. The first-order valence-corrected chi connectivity index (χ1v) is 6.70. The summed E-state index contributed by atoms with van der Waals surface area (Å²) in [5, 5.41) is 10.4. The molecule has 6 nitrogen and oxygen atoms in total. The van der Waals surface area contributed by atoms with Crippen molar-refractivity contribution < 1.29 is 19.4 Å². The lowest BCUT2D eigenvalue weighted by Crippen LogP contribution is -2.59. The van der Waals surface area contributed by atoms with E-state index < -0.39 is 28.7 Å². The zero-order valence-electron chi connectivity index (χ0n) is 11.4. The van der Waals surface area contributed by atoms with Gasteiger partial charge in [-0.2, -0.15) is 0 Å². The van der Waals surface area contributed by atoms with Crippen molar-refractivity contribution in [1.82, 2.24) is 5.32 Å². The molecular weight excluding hydrogens is 292 g/mol. The average molecular weight is 313 g/mol. The van der Waals surface area contributed by atoms with Crippen molar-refractivity contribution >= 4 is 35.9 Å². The number of halogens is 1. The Bertz CT molecular complexity index is 359. The lowest BCUT2D eigenvalue weighted by atomic mass is 10.1. The van der Waals surface area contributed by atoms with Crippen LogP contribution in [0.3, 0.4) is 0 Å². The fraction of sp³-hybridized carbons (Fsp3) is 0.818. The molecule has 0 aromatic carbocycles. The van der Waals surface area contributed by atoms with Crippen LogP contribution in [0.1, 0.15) is 27.7 Å². The van der Waals surface area contributed by atoms with Gasteiger partial charge in [-0.15, -0.1) is 24.2 Å². The third-order valence-corrected chi connectivity index (χ3v) is 3.61. The Labute approximate surface area is 123 Å². The molecule has 112 valence electrons. The third kappa shape index (κ3) is 4.61. The number of ether oxygens (including phenoxy) is 1. The number of nitrogens with one attached hydrogen (secondary N) is 1. The number of carbonyl (C=O) groups excluding carboxylic acids is 1. The van der Waals surface area contributed by atoms with Gasteiger partial charge >= 0.3 is 5.97 Å². The summed E-state index contributed by atoms with van der Waals surface area (Å²) < 4.78 is 5.75. The number of hydrogen-bond acceptors (Lipinski definition) is 6. The molecule has 1 rings (SSSR count). The highest BCUT2D eigenvalue weighted by Gasteiger charge is 2.51. The van der Waals surface area contributed by atoms with E-state index in [1.165, 1.54) is 0 Å². The second kappa shape index (κ2) is 6.41. The monoisotopic (exact) mass is 312 g/mol. The molecule has 0 radical (unpaired) electrons. The first-order chi connectivity index (χ1) is 8.07. The summed E-state index contributed by atoms with van der Waals surface area (Å²) in [6.07, 6.45) is 0. The maximum atomic E-state index is 12.2. The van der Waals surface area contributed by atoms with E-state index in [1.54, 1.807) is 27.7 Å². The van der Waals surface area contributed by atoms with Gasteiger partial charge in [-0.25, -0.2) is 0 Å². The lowest BCUT2D eigenvalue weighted by Gasteiger charge is -2.35. The quantitative estimate of drug-likeness (QED) is 0.698. The number of carboxylic acids is 1. The van der Waals surface area contributed by atoms with E-state index >= 15 is 0 Å². The summed E-state index contributed by atoms with van der Waals surface area (Å²) in [5.74, 6) is -1.07. The lowest BCUT2D eigenvalue weighted by molar-refractivity contribution is -0.155. The number of carbonyl (C=O) groups is 2. The predicted octanol–water partition coefficient (Wildman–Crippen LogP) is 0.583. The van der Waals surface area contributed by atoms with Crippen LogP contribution < -0.4 is 11.1 Å². The van der Waals surface area contributed by atoms with E-state index in [-0.39, 0.29) is 23.9 Å². The van der Waals surface area contributed by atoms with Gasteiger partial charge in [0.05, 0.1) is 11.6 Å². The first kappa shape index (κ1) is 18.7. The maximum absolute atomic E-state index is 12.2. The van der Waals surface area contributed by atoms with Crippen LogP contribution in [0.2, 0.25) is 0 Å². The molecule has 2 unspecified atom stereocenters. The summed E-state index contributed by atoms with van der Waals surface area (Å²) >= 11 is 1.15. The highest BCUT2D eigenvalue weighted by Crippen LogP contribution is 2.36. The van der Waals surface area contributed by atoms with Crippen LogP contribution >= 0.6 is 24.2 Å². The highest BCUT2D eigenvalue weighted by atomic mass is 35.5. The van der Waals surface area contributed by atoms with Gasteiger partial charge in [-0.1, -0.05) is 0 Å². The number of Topliss-reactive ketones (excluding diaryl/α,β-unsaturated/α-hetero) is 1. The molecule has 19 heavy (non-hydrogen) atoms. The van der Waals surface area contributed by atoms with Crippen molar-refractivity contribution in [2.75, 3.05) is 5.75 Å². The Hall–Kier alpha value is -0.340. The van der Waals surface area contributed by atoms with Crippen LogP contribution in [0.5, 0.6) is 0 Å². The molecule has 1 heterocycles. The summed E-state index contributed by atoms with van der Waals surface area (Å²) in [5.41, 5.74) is 5.03. The SMILES string of the molecule is C[C@H](N)C(=O)C1(OC(C)(C)C)NC(C(=O)O)CS1.Cl. The smallest absolute Gasteiger partial charge is 0.321 e. The van der Waals surface area contributed by atoms with Crippen molar-refractivity contribution in [3.05, 3.63) is 0 Å². The maximum Gasteiger partial charge on any atom is 0.321 e. The fourth-order valence-electron chi connectivity index (χ4n) is 1.63. The van der Waals surface area contributed by atoms with E-state index in [4.69, 9.17) is 15.6 Å². The number of thioether (sulfide) groups is 1. The fourth-order valence-corrected chi connectivity index (χ4v) is 3.12. The molecular formula is C11H21ClN2O4S. The van der Waals surface area contributed by atoms with Gasteiger partial charge in [0.25, 0.3) is 0 Å². The third-order valence-electron chi connectivity index (χ3n) is 2.30. The summed E-state index contributed by atoms with van der Waals surface area (Å²) in [7, 11) is 0. The molecule has 0 amide bonds. The number of rotatable bonds is 4. The molecule has 0 bridgehead atoms. The number of hydrogen-bond donors (Lipinski definition) is 3. The van der Waals surface area contributed by atoms with Crippen LogP contribution in [0.25, 0.3) is 0 Å². The Balaban J connectivity index is 0.00000324. The van der Waals surface area contributed by atoms with Gasteiger partial charge in [0.1, 0.15) is 6.04 Å². The molecule has 4 N–H and O–H groups in total. The Morgan fingerprint density at radius 1 is 1.53 bits per heavy atom. The standard InChI is InChI=1S/C11H20N2O4S.ClH/c1-6(12)8(14)11(17-10(2,3)4)13-7(5-18-11)9(15)16;/h6-7,13H,5,12H2,1-4H3,(H,15,16);1H/t6-,7?,11?;/m0./s1. The molecule has 0 aliphatic carbocycles. The summed E-state index contributed by atoms with van der Waals surface area (Å²) in [4.78, 5) is 23.2. The topological polar surface area (TPSA) is 102 Å². The van der Waals surface area contributed by atoms with Crippen molar-refractivity contribution in [3.63, 3.8) is 0 Å². The van der Waals surface area contributed by atoms with Gasteiger partial charge < -0.3 is 15.6 Å². The van der Waals surface area contributed by atoms with Crippen LogP contribution in [0.4, 0.5) is 0 Å². The predicted molar refractivity (Wildman–Crippen MR) is 76.5 cm³/mol. The van der Waals surface area contributed by atoms with Crippen molar-refractivity contribution in [2.24, 2.45) is 5.73 Å². The van der Waals surface area contributed by atoms with E-state index in [9.17, 15) is 9.59 Å². The van der Waals surface area contributed by atoms with Crippen molar-refractivity contribution in [2.45, 2.75) is 50.4 Å². The summed E-state index contributed by atoms with van der Waals surface area (Å²) in [6.45, 7) is 6.98. The zero-order valence-corrected chi connectivity index (χ0v) is 13.1. The molecule has 1 fully saturated rings. The van der Waals surface area contributed by atoms with Gasteiger partial charge in [-0.3, -0.25) is 14.9 Å². The van der Waals surface area contributed by atoms with E-state index in [2.05, 4.69) is 5.32 Å². The van der Waals surface area contributed by atoms with Crippen molar-refractivity contribution in [1.29, 1.82) is 0 Å². The van der Waals surface area contributed by atoms with Crippen LogP contribution in [0.15, 0.2) is 0 Å². The Morgan fingerprint density at radius 2 is 2.05 bits per heavy atom. The second-order valence-corrected chi connectivity index (χ2v) is 6.53. The van der Waals surface area contributed by atoms with Gasteiger partial charge in [0.15, 0.2) is 0 Å².